The molecule has 0 radical (unpaired) electrons. The van der Waals surface area contributed by atoms with Crippen molar-refractivity contribution in [3.63, 3.8) is 0 Å². The number of piperazine rings is 1. The normalized spacial score (nSPS) is 16.1. The Morgan fingerprint density at radius 3 is 2.22 bits per heavy atom. The number of fused-ring (bicyclic) bond motifs is 1. The van der Waals surface area contributed by atoms with E-state index in [0.717, 1.165) is 75.0 Å². The molecule has 0 unspecified atom stereocenters. The maximum absolute atomic E-state index is 15.1. The van der Waals surface area contributed by atoms with Crippen molar-refractivity contribution in [3.8, 4) is 22.5 Å². The van der Waals surface area contributed by atoms with Crippen LogP contribution in [-0.4, -0.2) is 111 Å². The Labute approximate surface area is 349 Å². The van der Waals surface area contributed by atoms with E-state index in [2.05, 4.69) is 42.2 Å². The highest BCUT2D eigenvalue weighted by atomic mass is 19.1. The number of anilines is 1. The minimum Gasteiger partial charge on any atom is -0.444 e. The van der Waals surface area contributed by atoms with Gasteiger partial charge in [-0.1, -0.05) is 30.3 Å². The molecular weight excluding hydrogens is 769 g/mol. The first-order valence-electron chi connectivity index (χ1n) is 20.6. The molecule has 14 heteroatoms. The number of H-pyrrole nitrogens is 1. The lowest BCUT2D eigenvalue weighted by molar-refractivity contribution is -0.00562. The average molecular weight is 824 g/mol. The molecule has 0 atom stereocenters. The molecule has 2 fully saturated rings. The van der Waals surface area contributed by atoms with Crippen LogP contribution in [0.5, 0.6) is 0 Å². The van der Waals surface area contributed by atoms with Crippen LogP contribution in [0.4, 0.5) is 19.3 Å². The molecule has 0 aliphatic carbocycles. The van der Waals surface area contributed by atoms with Crippen molar-refractivity contribution < 1.29 is 33.0 Å². The molecule has 3 N–H and O–H groups in total. The van der Waals surface area contributed by atoms with Crippen molar-refractivity contribution in [1.29, 1.82) is 0 Å². The monoisotopic (exact) mass is 823 g/mol. The molecule has 4 heterocycles. The SMILES string of the molecule is Cc1c(NC(=O)c2ccc(C(C)(C)O)cc2F)cc(F)cc1-c1ncnc2[nH]c(-c3ccc(COC4CCN(CCN5CCN(C(=O)OC(C)(C)C)CC5)CC4)cc3)cc12. The molecule has 0 bridgehead atoms. The van der Waals surface area contributed by atoms with Crippen LogP contribution in [0.25, 0.3) is 33.5 Å². The Morgan fingerprint density at radius 2 is 1.57 bits per heavy atom. The van der Waals surface area contributed by atoms with Crippen molar-refractivity contribution in [2.24, 2.45) is 0 Å². The van der Waals surface area contributed by atoms with E-state index in [4.69, 9.17) is 9.47 Å². The topological polar surface area (TPSA) is 136 Å². The van der Waals surface area contributed by atoms with Gasteiger partial charge in [0, 0.05) is 74.7 Å². The average Bonchev–Trinajstić information content (AvgIpc) is 3.65. The van der Waals surface area contributed by atoms with E-state index in [1.807, 2.05) is 39.0 Å². The maximum Gasteiger partial charge on any atom is 0.410 e. The van der Waals surface area contributed by atoms with Gasteiger partial charge in [0.15, 0.2) is 0 Å². The van der Waals surface area contributed by atoms with E-state index in [1.165, 1.54) is 44.4 Å². The number of nitrogens with zero attached hydrogens (tertiary/aromatic N) is 5. The molecule has 2 amide bonds. The number of carbonyl (C=O) groups excluding carboxylic acids is 2. The van der Waals surface area contributed by atoms with Crippen LogP contribution in [0.15, 0.2) is 67.0 Å². The zero-order valence-corrected chi connectivity index (χ0v) is 35.3. The Hall–Kier alpha value is -5.28. The van der Waals surface area contributed by atoms with Gasteiger partial charge < -0.3 is 34.7 Å². The minimum absolute atomic E-state index is 0.176. The number of piperidine rings is 1. The highest BCUT2D eigenvalue weighted by Gasteiger charge is 2.27. The summed E-state index contributed by atoms with van der Waals surface area (Å²) in [5, 5.41) is 13.6. The Morgan fingerprint density at radius 1 is 0.883 bits per heavy atom. The van der Waals surface area contributed by atoms with Gasteiger partial charge in [0.05, 0.1) is 29.6 Å². The van der Waals surface area contributed by atoms with Crippen LogP contribution < -0.4 is 5.32 Å². The van der Waals surface area contributed by atoms with E-state index in [-0.39, 0.29) is 23.4 Å². The van der Waals surface area contributed by atoms with Gasteiger partial charge in [0.25, 0.3) is 5.91 Å². The van der Waals surface area contributed by atoms with E-state index >= 15 is 4.39 Å². The largest absolute Gasteiger partial charge is 0.444 e. The standard InChI is InChI=1S/C46H55F2N7O5/c1-29-36(24-33(47)25-39(29)52-43(56)35-12-11-32(23-38(35)48)46(5,6)58)41-37-26-40(51-42(37)50-28-49-41)31-9-7-30(8-10-31)27-59-34-13-15-53(16-14-34)17-18-54-19-21-55(22-20-54)44(57)60-45(2,3)4/h7-12,23-26,28,34,58H,13-22,27H2,1-6H3,(H,52,56)(H,49,50,51). The second-order valence-corrected chi connectivity index (χ2v) is 17.4. The summed E-state index contributed by atoms with van der Waals surface area (Å²) < 4.78 is 42.0. The van der Waals surface area contributed by atoms with E-state index in [9.17, 15) is 19.1 Å². The van der Waals surface area contributed by atoms with Crippen LogP contribution in [0.1, 0.15) is 74.5 Å². The lowest BCUT2D eigenvalue weighted by Crippen LogP contribution is -2.51. The molecule has 5 aromatic rings. The smallest absolute Gasteiger partial charge is 0.410 e. The molecule has 318 valence electrons. The zero-order valence-electron chi connectivity index (χ0n) is 35.3. The molecule has 2 aliphatic rings. The fourth-order valence-electron chi connectivity index (χ4n) is 7.69. The fraction of sp³-hybridized carbons (Fsp3) is 0.435. The maximum atomic E-state index is 15.1. The third kappa shape index (κ3) is 10.4. The quantitative estimate of drug-likeness (QED) is 0.122. The lowest BCUT2D eigenvalue weighted by Gasteiger charge is -2.37. The van der Waals surface area contributed by atoms with Gasteiger partial charge in [-0.2, -0.15) is 0 Å². The summed E-state index contributed by atoms with van der Waals surface area (Å²) in [6, 6.07) is 16.5. The number of nitrogens with one attached hydrogen (secondary N) is 2. The van der Waals surface area contributed by atoms with E-state index in [0.29, 0.717) is 53.1 Å². The molecule has 3 aromatic carbocycles. The number of ether oxygens (including phenoxy) is 2. The molecular formula is C46H55F2N7O5. The molecule has 2 aliphatic heterocycles. The summed E-state index contributed by atoms with van der Waals surface area (Å²) in [4.78, 5) is 44.6. The third-order valence-corrected chi connectivity index (χ3v) is 11.3. The van der Waals surface area contributed by atoms with Gasteiger partial charge in [-0.3, -0.25) is 9.69 Å². The van der Waals surface area contributed by atoms with E-state index in [1.54, 1.807) is 11.8 Å². The number of aromatic amines is 1. The molecule has 0 spiro atoms. The first-order chi connectivity index (χ1) is 28.5. The number of benzene rings is 3. The molecule has 60 heavy (non-hydrogen) atoms. The van der Waals surface area contributed by atoms with Gasteiger partial charge in [-0.15, -0.1) is 0 Å². The molecule has 0 saturated carbocycles. The summed E-state index contributed by atoms with van der Waals surface area (Å²) in [7, 11) is 0. The van der Waals surface area contributed by atoms with Crippen LogP contribution in [-0.2, 0) is 21.7 Å². The van der Waals surface area contributed by atoms with Crippen molar-refractivity contribution in [2.45, 2.75) is 78.3 Å². The predicted octanol–water partition coefficient (Wildman–Crippen LogP) is 7.89. The third-order valence-electron chi connectivity index (χ3n) is 11.3. The molecule has 12 nitrogen and oxygen atoms in total. The van der Waals surface area contributed by atoms with Crippen LogP contribution >= 0.6 is 0 Å². The number of likely N-dealkylation sites (tertiary alicyclic amines) is 1. The fourth-order valence-corrected chi connectivity index (χ4v) is 7.69. The van der Waals surface area contributed by atoms with Gasteiger partial charge in [-0.05, 0) is 107 Å². The van der Waals surface area contributed by atoms with E-state index < -0.39 is 28.7 Å². The first kappa shape index (κ1) is 42.8. The molecule has 2 saturated heterocycles. The van der Waals surface area contributed by atoms with Gasteiger partial charge in [0.2, 0.25) is 0 Å². The van der Waals surface area contributed by atoms with Crippen molar-refractivity contribution in [3.05, 3.63) is 101 Å². The minimum atomic E-state index is -1.28. The second-order valence-electron chi connectivity index (χ2n) is 17.4. The summed E-state index contributed by atoms with van der Waals surface area (Å²) in [6.45, 7) is 18.1. The van der Waals surface area contributed by atoms with Gasteiger partial charge >= 0.3 is 6.09 Å². The second kappa shape index (κ2) is 17.7. The first-order valence-corrected chi connectivity index (χ1v) is 20.6. The summed E-state index contributed by atoms with van der Waals surface area (Å²) in [6.07, 6.45) is 3.35. The molecule has 2 aromatic heterocycles. The number of amides is 2. The summed E-state index contributed by atoms with van der Waals surface area (Å²) in [5.74, 6) is -2.15. The Bertz CT molecular complexity index is 2320. The highest BCUT2D eigenvalue weighted by Crippen LogP contribution is 2.35. The van der Waals surface area contributed by atoms with Crippen molar-refractivity contribution >= 4 is 28.7 Å². The van der Waals surface area contributed by atoms with Crippen LogP contribution in [0, 0.1) is 18.6 Å². The Kier molecular flexibility index (Phi) is 12.7. The number of carbonyl (C=O) groups is 2. The van der Waals surface area contributed by atoms with Crippen molar-refractivity contribution in [2.75, 3.05) is 57.7 Å². The Balaban J connectivity index is 0.924. The number of rotatable bonds is 11. The molecule has 7 rings (SSSR count). The number of aliphatic hydroxyl groups is 1. The number of hydrogen-bond donors (Lipinski definition) is 3. The van der Waals surface area contributed by atoms with Gasteiger partial charge in [0.1, 0.15) is 29.2 Å². The number of hydrogen-bond acceptors (Lipinski definition) is 9. The van der Waals surface area contributed by atoms with Gasteiger partial charge in [-0.25, -0.2) is 23.5 Å². The van der Waals surface area contributed by atoms with Crippen molar-refractivity contribution in [1.82, 2.24) is 29.7 Å². The summed E-state index contributed by atoms with van der Waals surface area (Å²) in [5.41, 5.74) is 3.36. The predicted molar refractivity (Wildman–Crippen MR) is 228 cm³/mol. The highest BCUT2D eigenvalue weighted by molar-refractivity contribution is 6.06. The van der Waals surface area contributed by atoms with Crippen LogP contribution in [0.2, 0.25) is 0 Å². The number of aromatic nitrogens is 3. The summed E-state index contributed by atoms with van der Waals surface area (Å²) >= 11 is 0. The van der Waals surface area contributed by atoms with Crippen LogP contribution in [0.3, 0.4) is 0 Å². The lowest BCUT2D eigenvalue weighted by atomic mass is 9.96. The number of halogens is 2. The zero-order chi connectivity index (χ0) is 42.8.